The molecule has 0 spiro atoms. The maximum absolute atomic E-state index is 13.8. The maximum Gasteiger partial charge on any atom is 0.243 e. The minimum atomic E-state index is -0.437. The highest BCUT2D eigenvalue weighted by Crippen LogP contribution is 2.27. The third-order valence-corrected chi connectivity index (χ3v) is 5.21. The molecule has 0 radical (unpaired) electrons. The van der Waals surface area contributed by atoms with Crippen LogP contribution in [0.1, 0.15) is 29.5 Å². The Morgan fingerprint density at radius 1 is 1.31 bits per heavy atom. The van der Waals surface area contributed by atoms with E-state index in [0.717, 1.165) is 26.9 Å². The van der Waals surface area contributed by atoms with E-state index in [4.69, 9.17) is 5.21 Å². The molecule has 0 unspecified atom stereocenters. The van der Waals surface area contributed by atoms with Gasteiger partial charge in [0, 0.05) is 6.42 Å². The molecule has 3 rings (SSSR count). The number of halogens is 1. The van der Waals surface area contributed by atoms with Crippen molar-refractivity contribution in [1.82, 2.24) is 10.5 Å². The fraction of sp³-hybridized carbons (Fsp3) is 0.200. The van der Waals surface area contributed by atoms with Crippen LogP contribution >= 0.6 is 11.3 Å². The third-order valence-electron chi connectivity index (χ3n) is 4.40. The first-order chi connectivity index (χ1) is 12.6. The number of carbonyl (C=O) groups excluding carboxylic acids is 1. The lowest BCUT2D eigenvalue weighted by atomic mass is 9.97. The molecule has 134 valence electrons. The Labute approximate surface area is 155 Å². The minimum Gasteiger partial charge on any atom is -0.289 e. The smallest absolute Gasteiger partial charge is 0.243 e. The number of fused-ring (bicyclic) bond motifs is 1. The molecule has 1 aromatic heterocycles. The van der Waals surface area contributed by atoms with Crippen LogP contribution in [0, 0.1) is 12.7 Å². The van der Waals surface area contributed by atoms with E-state index in [2.05, 4.69) is 4.98 Å². The van der Waals surface area contributed by atoms with Gasteiger partial charge in [-0.25, -0.2) is 14.9 Å². The van der Waals surface area contributed by atoms with Gasteiger partial charge in [-0.05, 0) is 60.2 Å². The molecular weight excluding hydrogens is 351 g/mol. The van der Waals surface area contributed by atoms with Gasteiger partial charge in [0.2, 0.25) is 5.91 Å². The summed E-state index contributed by atoms with van der Waals surface area (Å²) in [6.45, 7) is 1.76. The van der Waals surface area contributed by atoms with E-state index in [1.165, 1.54) is 6.07 Å². The Kier molecular flexibility index (Phi) is 5.75. The van der Waals surface area contributed by atoms with Gasteiger partial charge in [0.05, 0.1) is 15.7 Å². The standard InChI is InChI=1S/C20H19FN2O2S/c1-13-14(3-2-4-17(13)21)5-6-15(8-10-20(24)23-25)16-7-9-19-18(11-16)22-12-26-19/h2-4,6-7,9,11-12,25H,5,8,10H2,1H3,(H,23,24)/b15-6+. The molecule has 0 bridgehead atoms. The number of hydroxylamine groups is 1. The Morgan fingerprint density at radius 2 is 2.15 bits per heavy atom. The molecule has 2 N–H and O–H groups in total. The predicted octanol–water partition coefficient (Wildman–Crippen LogP) is 4.66. The van der Waals surface area contributed by atoms with Gasteiger partial charge in [-0.2, -0.15) is 0 Å². The van der Waals surface area contributed by atoms with Crippen LogP contribution in [0.2, 0.25) is 0 Å². The Balaban J connectivity index is 1.91. The quantitative estimate of drug-likeness (QED) is 0.490. The summed E-state index contributed by atoms with van der Waals surface area (Å²) in [5, 5.41) is 8.74. The predicted molar refractivity (Wildman–Crippen MR) is 102 cm³/mol. The van der Waals surface area contributed by atoms with E-state index >= 15 is 0 Å². The van der Waals surface area contributed by atoms with Crippen molar-refractivity contribution in [3.63, 3.8) is 0 Å². The van der Waals surface area contributed by atoms with Crippen LogP contribution in [-0.2, 0) is 11.2 Å². The summed E-state index contributed by atoms with van der Waals surface area (Å²) in [7, 11) is 0. The lowest BCUT2D eigenvalue weighted by molar-refractivity contribution is -0.129. The first-order valence-electron chi connectivity index (χ1n) is 8.28. The first-order valence-corrected chi connectivity index (χ1v) is 9.16. The van der Waals surface area contributed by atoms with Crippen molar-refractivity contribution in [3.05, 3.63) is 70.5 Å². The number of nitrogens with one attached hydrogen (secondary N) is 1. The highest BCUT2D eigenvalue weighted by molar-refractivity contribution is 7.16. The van der Waals surface area contributed by atoms with Crippen LogP contribution in [0.3, 0.4) is 0 Å². The number of hydrogen-bond donors (Lipinski definition) is 2. The number of allylic oxidation sites excluding steroid dienone is 2. The zero-order chi connectivity index (χ0) is 18.5. The lowest BCUT2D eigenvalue weighted by Gasteiger charge is -2.10. The summed E-state index contributed by atoms with van der Waals surface area (Å²) >= 11 is 1.57. The van der Waals surface area contributed by atoms with Crippen LogP contribution in [0.4, 0.5) is 4.39 Å². The molecule has 0 saturated heterocycles. The van der Waals surface area contributed by atoms with Gasteiger partial charge in [-0.15, -0.1) is 11.3 Å². The van der Waals surface area contributed by atoms with Gasteiger partial charge in [0.25, 0.3) is 0 Å². The number of aromatic nitrogens is 1. The Bertz CT molecular complexity index is 965. The molecule has 1 amide bonds. The Hall–Kier alpha value is -2.57. The number of rotatable bonds is 6. The average Bonchev–Trinajstić information content (AvgIpc) is 3.12. The topological polar surface area (TPSA) is 62.2 Å². The number of thiazole rings is 1. The highest BCUT2D eigenvalue weighted by Gasteiger charge is 2.09. The van der Waals surface area contributed by atoms with Crippen molar-refractivity contribution in [2.45, 2.75) is 26.2 Å². The molecule has 0 aliphatic heterocycles. The molecule has 0 aliphatic carbocycles. The molecule has 1 heterocycles. The largest absolute Gasteiger partial charge is 0.289 e. The first kappa shape index (κ1) is 18.2. The van der Waals surface area contributed by atoms with Gasteiger partial charge < -0.3 is 0 Å². The minimum absolute atomic E-state index is 0.166. The van der Waals surface area contributed by atoms with Gasteiger partial charge in [0.1, 0.15) is 5.82 Å². The summed E-state index contributed by atoms with van der Waals surface area (Å²) in [5.41, 5.74) is 7.85. The van der Waals surface area contributed by atoms with E-state index in [1.54, 1.807) is 35.3 Å². The van der Waals surface area contributed by atoms with E-state index in [1.807, 2.05) is 30.3 Å². The highest BCUT2D eigenvalue weighted by atomic mass is 32.1. The third kappa shape index (κ3) is 4.15. The van der Waals surface area contributed by atoms with Gasteiger partial charge in [-0.3, -0.25) is 10.0 Å². The molecule has 0 fully saturated rings. The van der Waals surface area contributed by atoms with Crippen LogP contribution in [-0.4, -0.2) is 16.1 Å². The second kappa shape index (κ2) is 8.21. The molecule has 6 heteroatoms. The summed E-state index contributed by atoms with van der Waals surface area (Å²) in [4.78, 5) is 15.8. The van der Waals surface area contributed by atoms with Crippen molar-refractivity contribution in [2.75, 3.05) is 0 Å². The Morgan fingerprint density at radius 3 is 2.96 bits per heavy atom. The molecule has 2 aromatic carbocycles. The molecule has 0 saturated carbocycles. The second-order valence-electron chi connectivity index (χ2n) is 6.03. The summed E-state index contributed by atoms with van der Waals surface area (Å²) in [6, 6.07) is 11.1. The zero-order valence-corrected chi connectivity index (χ0v) is 15.1. The van der Waals surface area contributed by atoms with Crippen molar-refractivity contribution in [2.24, 2.45) is 0 Å². The lowest BCUT2D eigenvalue weighted by Crippen LogP contribution is -2.17. The van der Waals surface area contributed by atoms with Crippen molar-refractivity contribution in [3.8, 4) is 0 Å². The van der Waals surface area contributed by atoms with Crippen molar-refractivity contribution < 1.29 is 14.4 Å². The van der Waals surface area contributed by atoms with Crippen LogP contribution in [0.25, 0.3) is 15.8 Å². The monoisotopic (exact) mass is 370 g/mol. The average molecular weight is 370 g/mol. The number of hydrogen-bond acceptors (Lipinski definition) is 4. The van der Waals surface area contributed by atoms with E-state index in [-0.39, 0.29) is 12.2 Å². The number of nitrogens with zero attached hydrogens (tertiary/aromatic N) is 1. The zero-order valence-electron chi connectivity index (χ0n) is 14.3. The normalized spacial score (nSPS) is 11.7. The SMILES string of the molecule is Cc1c(F)cccc1C/C=C(\CCC(=O)NO)c1ccc2scnc2c1. The molecule has 0 aliphatic rings. The number of amides is 1. The van der Waals surface area contributed by atoms with Gasteiger partial charge >= 0.3 is 0 Å². The van der Waals surface area contributed by atoms with Crippen molar-refractivity contribution >= 4 is 33.0 Å². The fourth-order valence-electron chi connectivity index (χ4n) is 2.83. The van der Waals surface area contributed by atoms with E-state index < -0.39 is 5.91 Å². The van der Waals surface area contributed by atoms with E-state index in [0.29, 0.717) is 18.4 Å². The maximum atomic E-state index is 13.8. The number of carbonyl (C=O) groups is 1. The van der Waals surface area contributed by atoms with Crippen LogP contribution in [0.5, 0.6) is 0 Å². The summed E-state index contributed by atoms with van der Waals surface area (Å²) < 4.78 is 14.9. The molecule has 4 nitrogen and oxygen atoms in total. The summed E-state index contributed by atoms with van der Waals surface area (Å²) in [6.07, 6.45) is 3.21. The van der Waals surface area contributed by atoms with Crippen LogP contribution in [0.15, 0.2) is 48.0 Å². The van der Waals surface area contributed by atoms with Crippen LogP contribution < -0.4 is 5.48 Å². The summed E-state index contributed by atoms with van der Waals surface area (Å²) in [5.74, 6) is -0.659. The van der Waals surface area contributed by atoms with Gasteiger partial charge in [0.15, 0.2) is 0 Å². The van der Waals surface area contributed by atoms with Crippen molar-refractivity contribution in [1.29, 1.82) is 0 Å². The second-order valence-corrected chi connectivity index (χ2v) is 6.91. The van der Waals surface area contributed by atoms with Gasteiger partial charge in [-0.1, -0.05) is 24.3 Å². The fourth-order valence-corrected chi connectivity index (χ4v) is 3.49. The molecular formula is C20H19FN2O2S. The van der Waals surface area contributed by atoms with E-state index in [9.17, 15) is 9.18 Å². The molecule has 0 atom stereocenters. The molecule has 26 heavy (non-hydrogen) atoms. The number of benzene rings is 2. The molecule has 3 aromatic rings.